The molecule has 0 bridgehead atoms. The molecule has 0 saturated heterocycles. The maximum Gasteiger partial charge on any atom is 0.277 e. The first-order valence-electron chi connectivity index (χ1n) is 8.09. The maximum absolute atomic E-state index is 12.5. The second-order valence-corrected chi connectivity index (χ2v) is 5.92. The zero-order valence-electron chi connectivity index (χ0n) is 15.1. The largest absolute Gasteiger partial charge is 0.493 e. The van der Waals surface area contributed by atoms with E-state index in [2.05, 4.69) is 10.5 Å². The van der Waals surface area contributed by atoms with E-state index in [1.54, 1.807) is 32.4 Å². The molecule has 0 radical (unpaired) electrons. The van der Waals surface area contributed by atoms with Crippen molar-refractivity contribution in [1.82, 2.24) is 5.16 Å². The molecule has 0 aliphatic rings. The summed E-state index contributed by atoms with van der Waals surface area (Å²) in [4.78, 5) is 12.5. The molecule has 1 aromatic heterocycles. The highest BCUT2D eigenvalue weighted by atomic mass is 16.5. The summed E-state index contributed by atoms with van der Waals surface area (Å²) in [6, 6.07) is 12.8. The number of rotatable bonds is 5. The van der Waals surface area contributed by atoms with Crippen molar-refractivity contribution in [2.24, 2.45) is 0 Å². The minimum atomic E-state index is -0.325. The molecule has 0 saturated carbocycles. The molecule has 1 N–H and O–H groups in total. The molecule has 0 atom stereocenters. The van der Waals surface area contributed by atoms with Crippen LogP contribution in [0.25, 0.3) is 11.3 Å². The highest BCUT2D eigenvalue weighted by Crippen LogP contribution is 2.32. The Morgan fingerprint density at radius 2 is 1.77 bits per heavy atom. The van der Waals surface area contributed by atoms with E-state index in [1.807, 2.05) is 38.1 Å². The minimum absolute atomic E-state index is 0.204. The molecule has 0 spiro atoms. The number of methoxy groups -OCH3 is 2. The number of hydrogen-bond acceptors (Lipinski definition) is 5. The van der Waals surface area contributed by atoms with Gasteiger partial charge in [-0.3, -0.25) is 4.79 Å². The zero-order valence-corrected chi connectivity index (χ0v) is 15.1. The van der Waals surface area contributed by atoms with Crippen LogP contribution in [0.3, 0.4) is 0 Å². The first kappa shape index (κ1) is 17.5. The number of hydrogen-bond donors (Lipinski definition) is 1. The van der Waals surface area contributed by atoms with Crippen molar-refractivity contribution in [1.29, 1.82) is 0 Å². The van der Waals surface area contributed by atoms with Gasteiger partial charge in [0, 0.05) is 17.3 Å². The van der Waals surface area contributed by atoms with Gasteiger partial charge in [-0.1, -0.05) is 17.3 Å². The number of benzene rings is 2. The predicted molar refractivity (Wildman–Crippen MR) is 98.9 cm³/mol. The molecule has 1 heterocycles. The highest BCUT2D eigenvalue weighted by Gasteiger charge is 2.16. The summed E-state index contributed by atoms with van der Waals surface area (Å²) in [5.41, 5.74) is 3.74. The third-order valence-electron chi connectivity index (χ3n) is 4.05. The normalized spacial score (nSPS) is 10.5. The summed E-state index contributed by atoms with van der Waals surface area (Å²) < 4.78 is 15.8. The second-order valence-electron chi connectivity index (χ2n) is 5.92. The van der Waals surface area contributed by atoms with E-state index in [0.29, 0.717) is 17.3 Å². The van der Waals surface area contributed by atoms with Gasteiger partial charge in [-0.25, -0.2) is 0 Å². The van der Waals surface area contributed by atoms with Crippen molar-refractivity contribution in [3.8, 4) is 22.8 Å². The van der Waals surface area contributed by atoms with Crippen LogP contribution in [0.4, 0.5) is 5.69 Å². The van der Waals surface area contributed by atoms with Crippen LogP contribution in [0.2, 0.25) is 0 Å². The number of amides is 1. The molecule has 3 aromatic rings. The molecule has 0 aliphatic carbocycles. The first-order chi connectivity index (χ1) is 12.5. The molecule has 26 heavy (non-hydrogen) atoms. The molecular formula is C20H20N2O4. The standard InChI is InChI=1S/C20H20N2O4/c1-12-5-6-13(2)15(9-12)21-20(23)16-11-18(26-22-16)14-7-8-17(24-3)19(10-14)25-4/h5-11H,1-4H3,(H,21,23). The summed E-state index contributed by atoms with van der Waals surface area (Å²) in [6.07, 6.45) is 0. The van der Waals surface area contributed by atoms with Crippen LogP contribution in [-0.2, 0) is 0 Å². The second kappa shape index (κ2) is 7.31. The van der Waals surface area contributed by atoms with E-state index in [4.69, 9.17) is 14.0 Å². The molecule has 0 aliphatic heterocycles. The molecule has 6 heteroatoms. The van der Waals surface area contributed by atoms with Crippen LogP contribution in [-0.4, -0.2) is 25.3 Å². The third-order valence-corrected chi connectivity index (χ3v) is 4.05. The van der Waals surface area contributed by atoms with E-state index in [1.165, 1.54) is 0 Å². The van der Waals surface area contributed by atoms with Gasteiger partial charge in [0.1, 0.15) is 0 Å². The van der Waals surface area contributed by atoms with Gasteiger partial charge in [-0.2, -0.15) is 0 Å². The average Bonchev–Trinajstić information content (AvgIpc) is 3.14. The quantitative estimate of drug-likeness (QED) is 0.744. The number of ether oxygens (including phenoxy) is 2. The Labute approximate surface area is 151 Å². The third kappa shape index (κ3) is 3.54. The van der Waals surface area contributed by atoms with Gasteiger partial charge in [0.15, 0.2) is 23.0 Å². The highest BCUT2D eigenvalue weighted by molar-refractivity contribution is 6.03. The van der Waals surface area contributed by atoms with Crippen molar-refractivity contribution < 1.29 is 18.8 Å². The molecule has 1 amide bonds. The topological polar surface area (TPSA) is 73.6 Å². The van der Waals surface area contributed by atoms with Gasteiger partial charge < -0.3 is 19.3 Å². The smallest absolute Gasteiger partial charge is 0.277 e. The Bertz CT molecular complexity index is 947. The summed E-state index contributed by atoms with van der Waals surface area (Å²) in [5, 5.41) is 6.75. The fraction of sp³-hybridized carbons (Fsp3) is 0.200. The lowest BCUT2D eigenvalue weighted by molar-refractivity contribution is 0.101. The Kier molecular flexibility index (Phi) is 4.93. The monoisotopic (exact) mass is 352 g/mol. The SMILES string of the molecule is COc1ccc(-c2cc(C(=O)Nc3cc(C)ccc3C)no2)cc1OC. The van der Waals surface area contributed by atoms with Crippen molar-refractivity contribution in [2.45, 2.75) is 13.8 Å². The van der Waals surface area contributed by atoms with Crippen LogP contribution in [0.1, 0.15) is 21.6 Å². The fourth-order valence-corrected chi connectivity index (χ4v) is 2.56. The Morgan fingerprint density at radius 3 is 2.50 bits per heavy atom. The van der Waals surface area contributed by atoms with E-state index in [-0.39, 0.29) is 11.6 Å². The number of aromatic nitrogens is 1. The number of carbonyl (C=O) groups is 1. The van der Waals surface area contributed by atoms with E-state index in [0.717, 1.165) is 22.4 Å². The number of nitrogens with zero attached hydrogens (tertiary/aromatic N) is 1. The maximum atomic E-state index is 12.5. The number of carbonyl (C=O) groups excluding carboxylic acids is 1. The van der Waals surface area contributed by atoms with Gasteiger partial charge in [-0.15, -0.1) is 0 Å². The molecular weight excluding hydrogens is 332 g/mol. The van der Waals surface area contributed by atoms with Gasteiger partial charge in [0.2, 0.25) is 0 Å². The van der Waals surface area contributed by atoms with Crippen molar-refractivity contribution >= 4 is 11.6 Å². The summed E-state index contributed by atoms with van der Waals surface area (Å²) in [5.74, 6) is 1.33. The number of anilines is 1. The van der Waals surface area contributed by atoms with Gasteiger partial charge in [0.25, 0.3) is 5.91 Å². The molecule has 2 aromatic carbocycles. The summed E-state index contributed by atoms with van der Waals surface area (Å²) in [6.45, 7) is 3.91. The Hall–Kier alpha value is -3.28. The van der Waals surface area contributed by atoms with E-state index >= 15 is 0 Å². The van der Waals surface area contributed by atoms with Crippen LogP contribution < -0.4 is 14.8 Å². The molecule has 6 nitrogen and oxygen atoms in total. The van der Waals surface area contributed by atoms with E-state index < -0.39 is 0 Å². The minimum Gasteiger partial charge on any atom is -0.493 e. The number of aryl methyl sites for hydroxylation is 2. The van der Waals surface area contributed by atoms with Gasteiger partial charge in [-0.05, 0) is 49.2 Å². The summed E-state index contributed by atoms with van der Waals surface area (Å²) in [7, 11) is 3.13. The summed E-state index contributed by atoms with van der Waals surface area (Å²) >= 11 is 0. The van der Waals surface area contributed by atoms with Gasteiger partial charge in [0.05, 0.1) is 14.2 Å². The van der Waals surface area contributed by atoms with Crippen molar-refractivity contribution in [3.63, 3.8) is 0 Å². The molecule has 134 valence electrons. The number of nitrogens with one attached hydrogen (secondary N) is 1. The van der Waals surface area contributed by atoms with Crippen molar-refractivity contribution in [2.75, 3.05) is 19.5 Å². The lowest BCUT2D eigenvalue weighted by Crippen LogP contribution is -2.13. The molecule has 0 unspecified atom stereocenters. The van der Waals surface area contributed by atoms with E-state index in [9.17, 15) is 4.79 Å². The predicted octanol–water partition coefficient (Wildman–Crippen LogP) is 4.23. The zero-order chi connectivity index (χ0) is 18.7. The Balaban J connectivity index is 1.83. The van der Waals surface area contributed by atoms with Crippen LogP contribution in [0, 0.1) is 13.8 Å². The van der Waals surface area contributed by atoms with Crippen molar-refractivity contribution in [3.05, 3.63) is 59.3 Å². The lowest BCUT2D eigenvalue weighted by atomic mass is 10.1. The first-order valence-corrected chi connectivity index (χ1v) is 8.09. The van der Waals surface area contributed by atoms with Gasteiger partial charge >= 0.3 is 0 Å². The average molecular weight is 352 g/mol. The lowest BCUT2D eigenvalue weighted by Gasteiger charge is -2.08. The fourth-order valence-electron chi connectivity index (χ4n) is 2.56. The van der Waals surface area contributed by atoms with Crippen LogP contribution in [0.15, 0.2) is 47.0 Å². The molecule has 0 fully saturated rings. The Morgan fingerprint density at radius 1 is 1.00 bits per heavy atom. The van der Waals surface area contributed by atoms with Crippen LogP contribution >= 0.6 is 0 Å². The molecule has 3 rings (SSSR count). The van der Waals surface area contributed by atoms with Crippen LogP contribution in [0.5, 0.6) is 11.5 Å².